The third kappa shape index (κ3) is 60.1. The van der Waals surface area contributed by atoms with Gasteiger partial charge in [0.1, 0.15) is 24.4 Å². The lowest BCUT2D eigenvalue weighted by Gasteiger charge is -2.40. The normalized spacial score (nSPS) is 18.1. The van der Waals surface area contributed by atoms with E-state index in [1.165, 1.54) is 244 Å². The molecule has 0 aromatic rings. The lowest BCUT2D eigenvalue weighted by Crippen LogP contribution is -2.60. The maximum atomic E-state index is 13.2. The van der Waals surface area contributed by atoms with Gasteiger partial charge >= 0.3 is 0 Å². The van der Waals surface area contributed by atoms with Gasteiger partial charge in [-0.15, -0.1) is 0 Å². The number of nitrogens with one attached hydrogen (secondary N) is 1. The molecule has 7 atom stereocenters. The van der Waals surface area contributed by atoms with E-state index in [9.17, 15) is 30.3 Å². The minimum absolute atomic E-state index is 0.140. The van der Waals surface area contributed by atoms with Crippen LogP contribution in [0.1, 0.15) is 367 Å². The summed E-state index contributed by atoms with van der Waals surface area (Å²) in [4.78, 5) is 13.2. The summed E-state index contributed by atoms with van der Waals surface area (Å²) in [5, 5.41) is 55.1. The first-order valence-corrected chi connectivity index (χ1v) is 40.1. The lowest BCUT2D eigenvalue weighted by molar-refractivity contribution is -0.302. The van der Waals surface area contributed by atoms with Crippen molar-refractivity contribution in [3.8, 4) is 0 Å². The largest absolute Gasteiger partial charge is 0.394 e. The van der Waals surface area contributed by atoms with Crippen LogP contribution in [-0.4, -0.2) is 87.5 Å². The number of hydrogen-bond donors (Lipinski definition) is 6. The first kappa shape index (κ1) is 88.9. The zero-order valence-corrected chi connectivity index (χ0v) is 61.2. The number of ether oxygens (including phenoxy) is 2. The van der Waals surface area contributed by atoms with Crippen LogP contribution >= 0.6 is 0 Å². The van der Waals surface area contributed by atoms with Gasteiger partial charge in [-0.1, -0.05) is 386 Å². The molecule has 0 aromatic heterocycles. The molecule has 1 rings (SSSR count). The minimum atomic E-state index is -1.56. The molecule has 1 saturated heterocycles. The SMILES string of the molecule is CC/C=C\C/C=C\C/C=C\C/C=C\C/C=C\C/C=C\C/C=C\C/C=C\C/C=C\CCCCCCCCCCCCCCCC(=O)NC(COC1OC(CO)C(O)C(O)C1O)C(O)CCCCCCCCCCCCCCCCCCCCCCCCCCCCCCCC. The molecule has 0 aromatic carbocycles. The van der Waals surface area contributed by atoms with Crippen LogP contribution in [0.5, 0.6) is 0 Å². The van der Waals surface area contributed by atoms with E-state index in [4.69, 9.17) is 9.47 Å². The molecule has 1 fully saturated rings. The van der Waals surface area contributed by atoms with E-state index < -0.39 is 49.5 Å². The van der Waals surface area contributed by atoms with Gasteiger partial charge < -0.3 is 40.3 Å². The van der Waals surface area contributed by atoms with E-state index in [2.05, 4.69) is 129 Å². The minimum Gasteiger partial charge on any atom is -0.394 e. The van der Waals surface area contributed by atoms with Gasteiger partial charge in [0, 0.05) is 6.42 Å². The standard InChI is InChI=1S/C85H151NO8/c1-3-5-7-9-11-13-15-17-19-21-23-25-27-29-31-33-35-36-37-38-39-40-41-42-43-44-45-47-49-51-53-55-57-59-61-63-65-67-69-71-73-75-81(89)86-78(77-93-85-84(92)83(91)82(90)80(76-87)94-85)79(88)74-72-70-68-66-64-62-60-58-56-54-52-50-48-46-34-32-30-28-26-24-22-20-18-16-14-12-10-8-6-4-2/h5,7,11,13,17,19,23,25,29,31,35-36,38-39,41-42,44-45,78-80,82-85,87-88,90-92H,3-4,6,8-10,12,14-16,18,20-22,24,26-28,30,32-34,37,40,43,46-77H2,1-2H3,(H,86,89)/b7-5-,13-11-,19-17-,25-23-,31-29-,36-35-,39-38-,42-41-,45-44-. The lowest BCUT2D eigenvalue weighted by atomic mass is 9.99. The Labute approximate surface area is 580 Å². The summed E-state index contributed by atoms with van der Waals surface area (Å²) in [5.41, 5.74) is 0. The quantitative estimate of drug-likeness (QED) is 0.0261. The Morgan fingerprint density at radius 2 is 0.660 bits per heavy atom. The number of hydrogen-bond acceptors (Lipinski definition) is 8. The van der Waals surface area contributed by atoms with Crippen molar-refractivity contribution in [3.05, 3.63) is 109 Å². The first-order valence-electron chi connectivity index (χ1n) is 40.1. The average molecular weight is 1320 g/mol. The van der Waals surface area contributed by atoms with Crippen LogP contribution < -0.4 is 5.32 Å². The highest BCUT2D eigenvalue weighted by molar-refractivity contribution is 5.76. The topological polar surface area (TPSA) is 149 Å². The van der Waals surface area contributed by atoms with Gasteiger partial charge in [-0.3, -0.25) is 4.79 Å². The molecular formula is C85H151NO8. The van der Waals surface area contributed by atoms with Gasteiger partial charge in [-0.25, -0.2) is 0 Å². The molecule has 0 saturated carbocycles. The van der Waals surface area contributed by atoms with Crippen molar-refractivity contribution in [2.75, 3.05) is 13.2 Å². The van der Waals surface area contributed by atoms with Gasteiger partial charge in [-0.05, 0) is 83.5 Å². The van der Waals surface area contributed by atoms with Crippen LogP contribution in [0.3, 0.4) is 0 Å². The predicted octanol–water partition coefficient (Wildman–Crippen LogP) is 23.1. The molecule has 0 bridgehead atoms. The van der Waals surface area contributed by atoms with Crippen LogP contribution in [0, 0.1) is 0 Å². The van der Waals surface area contributed by atoms with Gasteiger partial charge in [0.15, 0.2) is 6.29 Å². The summed E-state index contributed by atoms with van der Waals surface area (Å²) in [6.45, 7) is 3.77. The molecule has 9 nitrogen and oxygen atoms in total. The molecule has 1 heterocycles. The fourth-order valence-corrected chi connectivity index (χ4v) is 12.5. The molecule has 94 heavy (non-hydrogen) atoms. The summed E-state index contributed by atoms with van der Waals surface area (Å²) < 4.78 is 11.4. The summed E-state index contributed by atoms with van der Waals surface area (Å²) in [7, 11) is 0. The Balaban J connectivity index is 2.08. The molecule has 9 heteroatoms. The summed E-state index contributed by atoms with van der Waals surface area (Å²) >= 11 is 0. The van der Waals surface area contributed by atoms with Crippen LogP contribution in [0.2, 0.25) is 0 Å². The predicted molar refractivity (Wildman–Crippen MR) is 405 cm³/mol. The number of rotatable bonds is 70. The van der Waals surface area contributed by atoms with E-state index >= 15 is 0 Å². The highest BCUT2D eigenvalue weighted by Gasteiger charge is 2.44. The van der Waals surface area contributed by atoms with Crippen LogP contribution in [0.4, 0.5) is 0 Å². The van der Waals surface area contributed by atoms with Crippen molar-refractivity contribution >= 4 is 5.91 Å². The second-order valence-electron chi connectivity index (χ2n) is 27.5. The second-order valence-corrected chi connectivity index (χ2v) is 27.5. The molecule has 0 aliphatic carbocycles. The van der Waals surface area contributed by atoms with Crippen molar-refractivity contribution < 1.29 is 39.8 Å². The van der Waals surface area contributed by atoms with Crippen molar-refractivity contribution in [1.82, 2.24) is 5.32 Å². The Morgan fingerprint density at radius 1 is 0.372 bits per heavy atom. The number of carbonyl (C=O) groups is 1. The van der Waals surface area contributed by atoms with Crippen LogP contribution in [0.15, 0.2) is 109 Å². The molecule has 1 aliphatic rings. The van der Waals surface area contributed by atoms with Crippen molar-refractivity contribution in [2.24, 2.45) is 0 Å². The highest BCUT2D eigenvalue weighted by atomic mass is 16.7. The number of unbranched alkanes of at least 4 members (excludes halogenated alkanes) is 42. The smallest absolute Gasteiger partial charge is 0.220 e. The maximum absolute atomic E-state index is 13.2. The van der Waals surface area contributed by atoms with Crippen molar-refractivity contribution in [1.29, 1.82) is 0 Å². The highest BCUT2D eigenvalue weighted by Crippen LogP contribution is 2.24. The van der Waals surface area contributed by atoms with Gasteiger partial charge in [0.25, 0.3) is 0 Å². The van der Waals surface area contributed by atoms with E-state index in [0.29, 0.717) is 12.8 Å². The number of carbonyl (C=O) groups excluding carboxylic acids is 1. The summed E-state index contributed by atoms with van der Waals surface area (Å²) in [6.07, 6.45) is 100. The number of aliphatic hydroxyl groups excluding tert-OH is 5. The molecule has 0 spiro atoms. The third-order valence-electron chi connectivity index (χ3n) is 18.6. The fourth-order valence-electron chi connectivity index (χ4n) is 12.5. The number of amides is 1. The van der Waals surface area contributed by atoms with Gasteiger partial charge in [-0.2, -0.15) is 0 Å². The van der Waals surface area contributed by atoms with E-state index in [0.717, 1.165) is 96.3 Å². The molecule has 544 valence electrons. The molecular weight excluding hydrogens is 1160 g/mol. The molecule has 1 amide bonds. The van der Waals surface area contributed by atoms with Gasteiger partial charge in [0.2, 0.25) is 5.91 Å². The van der Waals surface area contributed by atoms with E-state index in [-0.39, 0.29) is 12.5 Å². The van der Waals surface area contributed by atoms with E-state index in [1.54, 1.807) is 0 Å². The Hall–Kier alpha value is -3.15. The Morgan fingerprint density at radius 3 is 0.979 bits per heavy atom. The first-order chi connectivity index (χ1) is 46.3. The maximum Gasteiger partial charge on any atom is 0.220 e. The number of aliphatic hydroxyl groups is 5. The third-order valence-corrected chi connectivity index (χ3v) is 18.6. The van der Waals surface area contributed by atoms with Crippen LogP contribution in [-0.2, 0) is 14.3 Å². The Kier molecular flexibility index (Phi) is 68.6. The monoisotopic (exact) mass is 1310 g/mol. The van der Waals surface area contributed by atoms with Crippen LogP contribution in [0.25, 0.3) is 0 Å². The van der Waals surface area contributed by atoms with Gasteiger partial charge in [0.05, 0.1) is 25.4 Å². The van der Waals surface area contributed by atoms with E-state index in [1.807, 2.05) is 0 Å². The zero-order valence-electron chi connectivity index (χ0n) is 61.2. The van der Waals surface area contributed by atoms with Crippen molar-refractivity contribution in [2.45, 2.75) is 410 Å². The zero-order chi connectivity index (χ0) is 67.8. The molecule has 0 radical (unpaired) electrons. The molecule has 6 N–H and O–H groups in total. The Bertz CT molecular complexity index is 1870. The fraction of sp³-hybridized carbons (Fsp3) is 0.776. The number of allylic oxidation sites excluding steroid dienone is 18. The summed E-state index contributed by atoms with van der Waals surface area (Å²) in [6, 6.07) is -0.728. The molecule has 7 unspecified atom stereocenters. The average Bonchev–Trinajstić information content (AvgIpc) is 0.831. The summed E-state index contributed by atoms with van der Waals surface area (Å²) in [5.74, 6) is -0.144. The van der Waals surface area contributed by atoms with Crippen molar-refractivity contribution in [3.63, 3.8) is 0 Å². The second kappa shape index (κ2) is 72.6. The molecule has 1 aliphatic heterocycles.